The number of rotatable bonds is 7. The lowest BCUT2D eigenvalue weighted by atomic mass is 9.97. The van der Waals surface area contributed by atoms with Crippen LogP contribution in [-0.2, 0) is 18.4 Å². The van der Waals surface area contributed by atoms with Crippen LogP contribution in [0.5, 0.6) is 5.75 Å². The molecule has 194 valence electrons. The summed E-state index contributed by atoms with van der Waals surface area (Å²) in [7, 11) is 1.78. The smallest absolute Gasteiger partial charge is 0.259 e. The summed E-state index contributed by atoms with van der Waals surface area (Å²) in [6.07, 6.45) is 6.32. The molecule has 0 radical (unpaired) electrons. The van der Waals surface area contributed by atoms with E-state index < -0.39 is 5.91 Å². The molecular formula is C27H25FN6O4. The van der Waals surface area contributed by atoms with Gasteiger partial charge in [0.15, 0.2) is 0 Å². The van der Waals surface area contributed by atoms with Crippen molar-refractivity contribution in [3.05, 3.63) is 89.8 Å². The van der Waals surface area contributed by atoms with Gasteiger partial charge in [-0.25, -0.2) is 4.39 Å². The van der Waals surface area contributed by atoms with Crippen LogP contribution in [0.1, 0.15) is 26.3 Å². The molecule has 1 fully saturated rings. The molecule has 0 bridgehead atoms. The molecule has 1 aliphatic heterocycles. The fraction of sp³-hybridized carbons (Fsp3) is 0.222. The van der Waals surface area contributed by atoms with Crippen LogP contribution in [0.3, 0.4) is 0 Å². The monoisotopic (exact) mass is 516 g/mol. The van der Waals surface area contributed by atoms with E-state index in [9.17, 15) is 14.0 Å². The predicted molar refractivity (Wildman–Crippen MR) is 136 cm³/mol. The van der Waals surface area contributed by atoms with Crippen molar-refractivity contribution in [2.24, 2.45) is 7.05 Å². The summed E-state index contributed by atoms with van der Waals surface area (Å²) in [6.45, 7) is 1.85. The molecule has 2 amide bonds. The lowest BCUT2D eigenvalue weighted by Crippen LogP contribution is -2.41. The Kier molecular flexibility index (Phi) is 7.36. The molecule has 5 rings (SSSR count). The first kappa shape index (κ1) is 25.0. The van der Waals surface area contributed by atoms with Gasteiger partial charge in [-0.3, -0.25) is 14.3 Å². The Morgan fingerprint density at radius 2 is 1.84 bits per heavy atom. The maximum absolute atomic E-state index is 13.7. The molecule has 1 saturated heterocycles. The first-order valence-electron chi connectivity index (χ1n) is 12.0. The molecule has 10 nitrogen and oxygen atoms in total. The molecule has 0 unspecified atom stereocenters. The average Bonchev–Trinajstić information content (AvgIpc) is 3.39. The fourth-order valence-corrected chi connectivity index (χ4v) is 4.09. The Balaban J connectivity index is 1.58. The molecule has 2 aromatic carbocycles. The van der Waals surface area contributed by atoms with E-state index in [1.165, 1.54) is 24.5 Å². The zero-order valence-electron chi connectivity index (χ0n) is 20.6. The number of nitrogens with zero attached hydrogens (tertiary/aromatic N) is 5. The number of aromatic nitrogens is 4. The molecule has 1 aliphatic rings. The van der Waals surface area contributed by atoms with Gasteiger partial charge in [0.2, 0.25) is 0 Å². The fourth-order valence-electron chi connectivity index (χ4n) is 4.09. The van der Waals surface area contributed by atoms with Crippen LogP contribution in [0.2, 0.25) is 0 Å². The van der Waals surface area contributed by atoms with E-state index in [1.807, 2.05) is 0 Å². The summed E-state index contributed by atoms with van der Waals surface area (Å²) in [5.41, 5.74) is 2.92. The number of halogens is 1. The maximum Gasteiger partial charge on any atom is 0.259 e. The Morgan fingerprint density at radius 3 is 2.53 bits per heavy atom. The first-order chi connectivity index (χ1) is 18.5. The van der Waals surface area contributed by atoms with E-state index in [4.69, 9.17) is 9.47 Å². The van der Waals surface area contributed by atoms with Crippen molar-refractivity contribution in [1.82, 2.24) is 24.9 Å². The second-order valence-electron chi connectivity index (χ2n) is 8.70. The number of carbonyl (C=O) groups excluding carboxylic acids is 2. The number of hydrogen-bond donors (Lipinski definition) is 1. The van der Waals surface area contributed by atoms with Crippen LogP contribution in [0.25, 0.3) is 11.1 Å². The Hall–Kier alpha value is -4.64. The van der Waals surface area contributed by atoms with Gasteiger partial charge in [-0.15, -0.1) is 0 Å². The maximum atomic E-state index is 13.7. The molecule has 11 heteroatoms. The zero-order valence-corrected chi connectivity index (χ0v) is 20.6. The first-order valence-corrected chi connectivity index (χ1v) is 12.0. The van der Waals surface area contributed by atoms with Gasteiger partial charge in [0, 0.05) is 43.0 Å². The number of nitrogens with one attached hydrogen (secondary N) is 1. The number of amides is 2. The van der Waals surface area contributed by atoms with Crippen molar-refractivity contribution in [3.8, 4) is 16.9 Å². The summed E-state index contributed by atoms with van der Waals surface area (Å²) in [4.78, 5) is 28.8. The molecule has 4 aromatic rings. The topological polar surface area (TPSA) is 111 Å². The van der Waals surface area contributed by atoms with Gasteiger partial charge in [-0.05, 0) is 35.9 Å². The minimum Gasteiger partial charge on any atom is -0.488 e. The summed E-state index contributed by atoms with van der Waals surface area (Å²) < 4.78 is 26.5. The molecule has 0 spiro atoms. The van der Waals surface area contributed by atoms with Crippen molar-refractivity contribution in [2.45, 2.75) is 6.61 Å². The largest absolute Gasteiger partial charge is 0.488 e. The highest BCUT2D eigenvalue weighted by molar-refractivity contribution is 6.10. The lowest BCUT2D eigenvalue weighted by molar-refractivity contribution is 0.0303. The number of aryl methyl sites for hydroxylation is 1. The van der Waals surface area contributed by atoms with Crippen molar-refractivity contribution < 1.29 is 23.5 Å². The van der Waals surface area contributed by atoms with Gasteiger partial charge >= 0.3 is 0 Å². The molecule has 38 heavy (non-hydrogen) atoms. The van der Waals surface area contributed by atoms with Gasteiger partial charge in [-0.1, -0.05) is 12.1 Å². The van der Waals surface area contributed by atoms with Gasteiger partial charge in [0.05, 0.1) is 43.1 Å². The van der Waals surface area contributed by atoms with E-state index in [0.29, 0.717) is 54.2 Å². The minimum absolute atomic E-state index is 0.0839. The number of carbonyl (C=O) groups is 2. The second kappa shape index (κ2) is 11.2. The molecule has 0 atom stereocenters. The number of hydrogen-bond acceptors (Lipinski definition) is 7. The third-order valence-electron chi connectivity index (χ3n) is 6.06. The Bertz CT molecular complexity index is 1440. The lowest BCUT2D eigenvalue weighted by Gasteiger charge is -2.28. The van der Waals surface area contributed by atoms with Crippen molar-refractivity contribution >= 4 is 17.5 Å². The van der Waals surface area contributed by atoms with E-state index in [-0.39, 0.29) is 29.6 Å². The summed E-state index contributed by atoms with van der Waals surface area (Å²) in [5, 5.41) is 14.6. The molecule has 0 saturated carbocycles. The Morgan fingerprint density at radius 1 is 1.05 bits per heavy atom. The highest BCUT2D eigenvalue weighted by Gasteiger charge is 2.26. The highest BCUT2D eigenvalue weighted by atomic mass is 19.1. The normalized spacial score (nSPS) is 13.3. The van der Waals surface area contributed by atoms with E-state index >= 15 is 0 Å². The quantitative estimate of drug-likeness (QED) is 0.401. The van der Waals surface area contributed by atoms with E-state index in [1.54, 1.807) is 59.4 Å². The molecule has 0 aliphatic carbocycles. The van der Waals surface area contributed by atoms with Crippen LogP contribution in [0.15, 0.2) is 67.3 Å². The molecule has 1 N–H and O–H groups in total. The second-order valence-corrected chi connectivity index (χ2v) is 8.70. The van der Waals surface area contributed by atoms with Gasteiger partial charge in [-0.2, -0.15) is 15.3 Å². The molecular weight excluding hydrogens is 491 g/mol. The third-order valence-corrected chi connectivity index (χ3v) is 6.06. The van der Waals surface area contributed by atoms with Crippen molar-refractivity contribution in [1.29, 1.82) is 0 Å². The molecule has 2 aromatic heterocycles. The van der Waals surface area contributed by atoms with Crippen LogP contribution < -0.4 is 10.1 Å². The number of ether oxygens (including phenoxy) is 2. The van der Waals surface area contributed by atoms with Crippen LogP contribution in [0.4, 0.5) is 10.1 Å². The number of benzene rings is 2. The van der Waals surface area contributed by atoms with Crippen LogP contribution in [0, 0.1) is 5.82 Å². The van der Waals surface area contributed by atoms with E-state index in [0.717, 1.165) is 0 Å². The van der Waals surface area contributed by atoms with Crippen LogP contribution in [-0.4, -0.2) is 63.0 Å². The van der Waals surface area contributed by atoms with Gasteiger partial charge < -0.3 is 19.7 Å². The summed E-state index contributed by atoms with van der Waals surface area (Å²) in [6, 6.07) is 10.7. The Labute approximate surface area is 218 Å². The average molecular weight is 517 g/mol. The van der Waals surface area contributed by atoms with Crippen molar-refractivity contribution in [2.75, 3.05) is 31.6 Å². The van der Waals surface area contributed by atoms with Crippen LogP contribution >= 0.6 is 0 Å². The number of anilines is 1. The van der Waals surface area contributed by atoms with E-state index in [2.05, 4.69) is 20.6 Å². The van der Waals surface area contributed by atoms with Crippen molar-refractivity contribution in [3.63, 3.8) is 0 Å². The SMILES string of the molecule is Cn1cc(-c2cc(OCc3ccc(F)cc3)c(C(=O)Nc3ccnnc3)cc2C(=O)N2CCOCC2)cn1. The van der Waals surface area contributed by atoms with Gasteiger partial charge in [0.25, 0.3) is 11.8 Å². The summed E-state index contributed by atoms with van der Waals surface area (Å²) >= 11 is 0. The standard InChI is InChI=1S/C27H25FN6O4/c1-33-16-19(14-31-33)22-13-25(38-17-18-2-4-20(28)5-3-18)24(26(35)32-21-6-7-29-30-15-21)12-23(22)27(36)34-8-10-37-11-9-34/h2-7,12-16H,8-11,17H2,1H3,(H,29,32,35). The minimum atomic E-state index is -0.485. The highest BCUT2D eigenvalue weighted by Crippen LogP contribution is 2.33. The van der Waals surface area contributed by atoms with Gasteiger partial charge in [0.1, 0.15) is 18.2 Å². The molecule has 3 heterocycles. The number of morpholine rings is 1. The zero-order chi connectivity index (χ0) is 26.5. The predicted octanol–water partition coefficient (Wildman–Crippen LogP) is 3.32. The third kappa shape index (κ3) is 5.68. The summed E-state index contributed by atoms with van der Waals surface area (Å²) in [5.74, 6) is -0.812.